The summed E-state index contributed by atoms with van der Waals surface area (Å²) in [7, 11) is 1.88. The molecule has 0 saturated heterocycles. The van der Waals surface area contributed by atoms with Gasteiger partial charge < -0.3 is 16.0 Å². The molecule has 31 heavy (non-hydrogen) atoms. The number of primary amides is 1. The number of nitrogens with two attached hydrogens (primary N) is 1. The van der Waals surface area contributed by atoms with Crippen LogP contribution >= 0.6 is 11.8 Å². The van der Waals surface area contributed by atoms with Gasteiger partial charge in [0.25, 0.3) is 5.91 Å². The Bertz CT molecular complexity index is 970. The first-order valence-corrected chi connectivity index (χ1v) is 11.5. The molecule has 2 aromatic carbocycles. The van der Waals surface area contributed by atoms with E-state index >= 15 is 0 Å². The number of anilines is 1. The molecule has 3 rings (SSSR count). The van der Waals surface area contributed by atoms with E-state index < -0.39 is 5.91 Å². The molecule has 3 amide bonds. The van der Waals surface area contributed by atoms with Crippen molar-refractivity contribution in [2.45, 2.75) is 50.0 Å². The van der Waals surface area contributed by atoms with Crippen molar-refractivity contribution in [3.05, 3.63) is 59.2 Å². The highest BCUT2D eigenvalue weighted by molar-refractivity contribution is 8.00. The Morgan fingerprint density at radius 3 is 2.45 bits per heavy atom. The first-order chi connectivity index (χ1) is 14.9. The van der Waals surface area contributed by atoms with Gasteiger partial charge >= 0.3 is 0 Å². The topological polar surface area (TPSA) is 92.5 Å². The van der Waals surface area contributed by atoms with Crippen molar-refractivity contribution in [1.82, 2.24) is 4.90 Å². The molecular weight excluding hydrogens is 410 g/mol. The van der Waals surface area contributed by atoms with Crippen LogP contribution in [-0.2, 0) is 4.79 Å². The molecule has 6 nitrogen and oxygen atoms in total. The van der Waals surface area contributed by atoms with E-state index in [1.165, 1.54) is 31.0 Å². The molecule has 3 N–H and O–H groups in total. The highest BCUT2D eigenvalue weighted by atomic mass is 32.2. The van der Waals surface area contributed by atoms with Crippen molar-refractivity contribution in [3.8, 4) is 0 Å². The van der Waals surface area contributed by atoms with E-state index in [1.54, 1.807) is 37.3 Å². The molecule has 0 atom stereocenters. The van der Waals surface area contributed by atoms with Gasteiger partial charge in [0.2, 0.25) is 11.8 Å². The number of amides is 3. The average Bonchev–Trinajstić information content (AvgIpc) is 2.77. The first-order valence-electron chi connectivity index (χ1n) is 10.6. The molecule has 0 bridgehead atoms. The second kappa shape index (κ2) is 10.5. The van der Waals surface area contributed by atoms with Crippen molar-refractivity contribution in [2.75, 3.05) is 18.1 Å². The van der Waals surface area contributed by atoms with E-state index in [1.807, 2.05) is 24.1 Å². The predicted molar refractivity (Wildman–Crippen MR) is 124 cm³/mol. The molecule has 2 aromatic rings. The first kappa shape index (κ1) is 22.9. The zero-order valence-corrected chi connectivity index (χ0v) is 18.8. The second-order valence-corrected chi connectivity index (χ2v) is 8.95. The number of nitrogens with one attached hydrogen (secondary N) is 1. The number of benzene rings is 2. The number of aryl methyl sites for hydroxylation is 1. The molecular formula is C24H29N3O3S. The molecule has 0 unspecified atom stereocenters. The zero-order chi connectivity index (χ0) is 22.4. The van der Waals surface area contributed by atoms with Gasteiger partial charge in [0.15, 0.2) is 0 Å². The maximum Gasteiger partial charge on any atom is 0.256 e. The van der Waals surface area contributed by atoms with Crippen molar-refractivity contribution in [1.29, 1.82) is 0 Å². The number of carbonyl (C=O) groups excluding carboxylic acids is 3. The van der Waals surface area contributed by atoms with Gasteiger partial charge in [-0.2, -0.15) is 0 Å². The summed E-state index contributed by atoms with van der Waals surface area (Å²) in [5.74, 6) is -0.379. The van der Waals surface area contributed by atoms with Crippen LogP contribution in [0.5, 0.6) is 0 Å². The van der Waals surface area contributed by atoms with Crippen LogP contribution in [-0.4, -0.2) is 41.5 Å². The fourth-order valence-electron chi connectivity index (χ4n) is 3.91. The van der Waals surface area contributed by atoms with E-state index in [0.29, 0.717) is 34.2 Å². The Labute approximate surface area is 187 Å². The molecule has 0 aromatic heterocycles. The fraction of sp³-hybridized carbons (Fsp3) is 0.375. The minimum atomic E-state index is -0.500. The summed E-state index contributed by atoms with van der Waals surface area (Å²) >= 11 is 1.38. The minimum Gasteiger partial charge on any atom is -0.366 e. The molecule has 1 aliphatic carbocycles. The lowest BCUT2D eigenvalue weighted by molar-refractivity contribution is -0.129. The van der Waals surface area contributed by atoms with E-state index in [-0.39, 0.29) is 11.8 Å². The number of hydrogen-bond donors (Lipinski definition) is 2. The lowest BCUT2D eigenvalue weighted by atomic mass is 9.94. The highest BCUT2D eigenvalue weighted by Gasteiger charge is 2.22. The average molecular weight is 440 g/mol. The molecule has 1 saturated carbocycles. The summed E-state index contributed by atoms with van der Waals surface area (Å²) in [4.78, 5) is 39.6. The molecule has 0 radical (unpaired) electrons. The molecule has 1 fully saturated rings. The van der Waals surface area contributed by atoms with Crippen molar-refractivity contribution in [3.63, 3.8) is 0 Å². The summed E-state index contributed by atoms with van der Waals surface area (Å²) in [6.45, 7) is 1.77. The largest absolute Gasteiger partial charge is 0.366 e. The Balaban J connectivity index is 1.65. The van der Waals surface area contributed by atoms with Crippen molar-refractivity contribution >= 4 is 35.2 Å². The lowest BCUT2D eigenvalue weighted by Crippen LogP contribution is -2.39. The monoisotopic (exact) mass is 439 g/mol. The summed E-state index contributed by atoms with van der Waals surface area (Å²) in [6.07, 6.45) is 5.75. The van der Waals surface area contributed by atoms with Gasteiger partial charge in [-0.05, 0) is 55.7 Å². The molecule has 0 aliphatic heterocycles. The molecule has 0 spiro atoms. The maximum atomic E-state index is 12.9. The van der Waals surface area contributed by atoms with Gasteiger partial charge in [0, 0.05) is 29.2 Å². The van der Waals surface area contributed by atoms with Crippen LogP contribution in [0.4, 0.5) is 5.69 Å². The summed E-state index contributed by atoms with van der Waals surface area (Å²) in [6, 6.07) is 12.6. The smallest absolute Gasteiger partial charge is 0.256 e. The molecule has 164 valence electrons. The van der Waals surface area contributed by atoms with E-state index in [9.17, 15) is 14.4 Å². The molecule has 1 aliphatic rings. The number of nitrogens with zero attached hydrogens (tertiary/aromatic N) is 1. The number of rotatable bonds is 7. The third-order valence-corrected chi connectivity index (χ3v) is 6.81. The van der Waals surface area contributed by atoms with E-state index in [0.717, 1.165) is 17.7 Å². The molecule has 7 heteroatoms. The Morgan fingerprint density at radius 2 is 1.77 bits per heavy atom. The SMILES string of the molecule is Cc1cc(NC(=O)c2ccccc2SCC(=O)N(C)C2CCCCC2)ccc1C(N)=O. The Morgan fingerprint density at radius 1 is 1.06 bits per heavy atom. The van der Waals surface area contributed by atoms with Gasteiger partial charge in [-0.3, -0.25) is 14.4 Å². The van der Waals surface area contributed by atoms with E-state index in [2.05, 4.69) is 5.32 Å². The quantitative estimate of drug-likeness (QED) is 0.632. The van der Waals surface area contributed by atoms with Gasteiger partial charge in [0.05, 0.1) is 11.3 Å². The van der Waals surface area contributed by atoms with Gasteiger partial charge in [0.1, 0.15) is 0 Å². The number of carbonyl (C=O) groups is 3. The maximum absolute atomic E-state index is 12.9. The van der Waals surface area contributed by atoms with Crippen LogP contribution in [0.2, 0.25) is 0 Å². The standard InChI is InChI=1S/C24H29N3O3S/c1-16-14-17(12-13-19(16)23(25)29)26-24(30)20-10-6-7-11-21(20)31-15-22(28)27(2)18-8-4-3-5-9-18/h6-7,10-14,18H,3-5,8-9,15H2,1-2H3,(H2,25,29)(H,26,30). The van der Waals surface area contributed by atoms with Crippen LogP contribution in [0.15, 0.2) is 47.4 Å². The van der Waals surface area contributed by atoms with Crippen LogP contribution in [0, 0.1) is 6.92 Å². The van der Waals surface area contributed by atoms with Crippen molar-refractivity contribution in [2.24, 2.45) is 5.73 Å². The van der Waals surface area contributed by atoms with Crippen LogP contribution < -0.4 is 11.1 Å². The Kier molecular flexibility index (Phi) is 7.74. The summed E-state index contributed by atoms with van der Waals surface area (Å²) in [5, 5.41) is 2.87. The fourth-order valence-corrected chi connectivity index (χ4v) is 4.88. The minimum absolute atomic E-state index is 0.0878. The number of thioether (sulfide) groups is 1. The summed E-state index contributed by atoms with van der Waals surface area (Å²) < 4.78 is 0. The van der Waals surface area contributed by atoms with Gasteiger partial charge in [-0.15, -0.1) is 11.8 Å². The third-order valence-electron chi connectivity index (χ3n) is 5.75. The lowest BCUT2D eigenvalue weighted by Gasteiger charge is -2.31. The normalized spacial score (nSPS) is 14.1. The Hall–Kier alpha value is -2.80. The second-order valence-electron chi connectivity index (χ2n) is 7.93. The van der Waals surface area contributed by atoms with E-state index in [4.69, 9.17) is 5.73 Å². The molecule has 0 heterocycles. The number of hydrogen-bond acceptors (Lipinski definition) is 4. The zero-order valence-electron chi connectivity index (χ0n) is 18.0. The summed E-state index contributed by atoms with van der Waals surface area (Å²) in [5.41, 5.74) is 7.56. The van der Waals surface area contributed by atoms with Crippen LogP contribution in [0.3, 0.4) is 0 Å². The predicted octanol–water partition coefficient (Wildman–Crippen LogP) is 4.23. The highest BCUT2D eigenvalue weighted by Crippen LogP contribution is 2.26. The third kappa shape index (κ3) is 5.88. The van der Waals surface area contributed by atoms with Crippen LogP contribution in [0.25, 0.3) is 0 Å². The van der Waals surface area contributed by atoms with Crippen molar-refractivity contribution < 1.29 is 14.4 Å². The van der Waals surface area contributed by atoms with Gasteiger partial charge in [-0.25, -0.2) is 0 Å². The van der Waals surface area contributed by atoms with Crippen LogP contribution in [0.1, 0.15) is 58.4 Å². The van der Waals surface area contributed by atoms with Gasteiger partial charge in [-0.1, -0.05) is 31.4 Å².